The number of alkyl halides is 7. The van der Waals surface area contributed by atoms with Crippen molar-refractivity contribution in [1.29, 1.82) is 0 Å². The standard InChI is InChI=1S/C3HBr4F3/c4-1(8)2(5,6)3(7,9)10/h1H. The normalized spacial score (nSPS) is 17.1. The molecule has 0 saturated heterocycles. The lowest BCUT2D eigenvalue weighted by Crippen LogP contribution is -2.37. The van der Waals surface area contributed by atoms with Gasteiger partial charge in [-0.3, -0.25) is 0 Å². The van der Waals surface area contributed by atoms with Crippen molar-refractivity contribution in [3.8, 4) is 0 Å². The van der Waals surface area contributed by atoms with Crippen LogP contribution in [0.25, 0.3) is 0 Å². The minimum Gasteiger partial charge on any atom is -0.232 e. The summed E-state index contributed by atoms with van der Waals surface area (Å²) in [6.45, 7) is 0. The van der Waals surface area contributed by atoms with Crippen LogP contribution in [-0.4, -0.2) is 13.1 Å². The van der Waals surface area contributed by atoms with Crippen molar-refractivity contribution in [2.24, 2.45) is 0 Å². The fourth-order valence-corrected chi connectivity index (χ4v) is 0.919. The van der Waals surface area contributed by atoms with Gasteiger partial charge in [0.25, 0.3) is 0 Å². The molecule has 0 aliphatic rings. The van der Waals surface area contributed by atoms with Gasteiger partial charge in [-0.05, 0) is 31.9 Å². The highest BCUT2D eigenvalue weighted by Gasteiger charge is 2.53. The Morgan fingerprint density at radius 2 is 1.40 bits per heavy atom. The molecule has 62 valence electrons. The minimum absolute atomic E-state index is 1.89. The van der Waals surface area contributed by atoms with Crippen LogP contribution in [-0.2, 0) is 0 Å². The Kier molecular flexibility index (Phi) is 4.23. The van der Waals surface area contributed by atoms with E-state index in [-0.39, 0.29) is 0 Å². The van der Waals surface area contributed by atoms with Crippen molar-refractivity contribution in [1.82, 2.24) is 0 Å². The fourth-order valence-electron chi connectivity index (χ4n) is 0.124. The van der Waals surface area contributed by atoms with Crippen LogP contribution in [0.5, 0.6) is 0 Å². The Bertz CT molecular complexity index is 117. The summed E-state index contributed by atoms with van der Waals surface area (Å²) in [7, 11) is 0. The molecular formula is C3HBr4F3. The maximum atomic E-state index is 12.3. The lowest BCUT2D eigenvalue weighted by atomic mass is 10.5. The van der Waals surface area contributed by atoms with Crippen molar-refractivity contribution < 1.29 is 13.2 Å². The minimum atomic E-state index is -3.36. The van der Waals surface area contributed by atoms with E-state index in [1.54, 1.807) is 0 Å². The molecule has 0 rings (SSSR count). The quantitative estimate of drug-likeness (QED) is 0.597. The fraction of sp³-hybridized carbons (Fsp3) is 1.00. The van der Waals surface area contributed by atoms with E-state index in [2.05, 4.69) is 47.8 Å². The highest BCUT2D eigenvalue weighted by atomic mass is 79.9. The first kappa shape index (κ1) is 11.7. The lowest BCUT2D eigenvalue weighted by molar-refractivity contribution is 0.0907. The van der Waals surface area contributed by atoms with Crippen LogP contribution in [0, 0.1) is 0 Å². The van der Waals surface area contributed by atoms with Crippen molar-refractivity contribution in [2.45, 2.75) is 13.1 Å². The molecule has 0 saturated carbocycles. The molecule has 0 aromatic heterocycles. The average molecular weight is 414 g/mol. The van der Waals surface area contributed by atoms with Crippen LogP contribution >= 0.6 is 63.7 Å². The number of halogens is 7. The Balaban J connectivity index is 4.40. The number of hydrogen-bond acceptors (Lipinski definition) is 0. The lowest BCUT2D eigenvalue weighted by Gasteiger charge is -2.25. The molecule has 0 nitrogen and oxygen atoms in total. The van der Waals surface area contributed by atoms with E-state index < -0.39 is 13.1 Å². The third-order valence-corrected chi connectivity index (χ3v) is 6.06. The van der Waals surface area contributed by atoms with Crippen molar-refractivity contribution in [3.63, 3.8) is 0 Å². The number of rotatable bonds is 2. The van der Waals surface area contributed by atoms with Gasteiger partial charge in [0.1, 0.15) is 0 Å². The first-order valence-electron chi connectivity index (χ1n) is 1.92. The molecule has 1 atom stereocenters. The molecule has 0 radical (unpaired) electrons. The smallest absolute Gasteiger partial charge is 0.232 e. The highest BCUT2D eigenvalue weighted by Crippen LogP contribution is 2.51. The highest BCUT2D eigenvalue weighted by molar-refractivity contribution is 9.27. The summed E-state index contributed by atoms with van der Waals surface area (Å²) in [6.07, 6.45) is 0. The van der Waals surface area contributed by atoms with E-state index in [9.17, 15) is 13.2 Å². The summed E-state index contributed by atoms with van der Waals surface area (Å²) in [5, 5.41) is -1.89. The molecule has 1 unspecified atom stereocenters. The number of hydrogen-bond donors (Lipinski definition) is 0. The maximum Gasteiger partial charge on any atom is 0.329 e. The van der Waals surface area contributed by atoms with Crippen LogP contribution in [0.4, 0.5) is 13.2 Å². The van der Waals surface area contributed by atoms with E-state index in [1.165, 1.54) is 0 Å². The molecule has 0 N–H and O–H groups in total. The summed E-state index contributed by atoms with van der Waals surface area (Å²) in [6, 6.07) is 0. The molecule has 0 amide bonds. The van der Waals surface area contributed by atoms with Crippen LogP contribution in [0.15, 0.2) is 0 Å². The zero-order valence-electron chi connectivity index (χ0n) is 4.22. The molecule has 0 spiro atoms. The molecule has 0 heterocycles. The first-order valence-corrected chi connectivity index (χ1v) is 5.21. The van der Waals surface area contributed by atoms with Gasteiger partial charge in [0.2, 0.25) is 0 Å². The zero-order chi connectivity index (χ0) is 8.58. The molecule has 0 fully saturated rings. The van der Waals surface area contributed by atoms with Crippen LogP contribution in [0.2, 0.25) is 0 Å². The van der Waals surface area contributed by atoms with Crippen molar-refractivity contribution in [3.05, 3.63) is 0 Å². The average Bonchev–Trinajstić information content (AvgIpc) is 1.62. The topological polar surface area (TPSA) is 0 Å². The summed E-state index contributed by atoms with van der Waals surface area (Å²) in [5.41, 5.74) is 0. The van der Waals surface area contributed by atoms with Crippen LogP contribution in [0.1, 0.15) is 0 Å². The summed E-state index contributed by atoms with van der Waals surface area (Å²) in [5.74, 6) is 0. The molecule has 0 bridgehead atoms. The predicted molar refractivity (Wildman–Crippen MR) is 48.3 cm³/mol. The summed E-state index contributed by atoms with van der Waals surface area (Å²) < 4.78 is 34.8. The van der Waals surface area contributed by atoms with E-state index >= 15 is 0 Å². The van der Waals surface area contributed by atoms with Crippen molar-refractivity contribution >= 4 is 63.7 Å². The van der Waals surface area contributed by atoms with E-state index in [0.717, 1.165) is 0 Å². The molecular weight excluding hydrogens is 413 g/mol. The second-order valence-corrected chi connectivity index (χ2v) is 6.79. The van der Waals surface area contributed by atoms with Gasteiger partial charge in [0.05, 0.1) is 0 Å². The van der Waals surface area contributed by atoms with Gasteiger partial charge < -0.3 is 0 Å². The molecule has 10 heavy (non-hydrogen) atoms. The Labute approximate surface area is 89.4 Å². The van der Waals surface area contributed by atoms with E-state index in [4.69, 9.17) is 0 Å². The van der Waals surface area contributed by atoms with Gasteiger partial charge in [0.15, 0.2) is 8.31 Å². The van der Waals surface area contributed by atoms with Gasteiger partial charge in [-0.2, -0.15) is 8.78 Å². The predicted octanol–water partition coefficient (Wildman–Crippen LogP) is 4.15. The molecule has 0 aliphatic carbocycles. The molecule has 0 aromatic rings. The second-order valence-electron chi connectivity index (χ2n) is 1.42. The summed E-state index contributed by atoms with van der Waals surface area (Å²) >= 11 is 9.29. The van der Waals surface area contributed by atoms with Gasteiger partial charge in [-0.1, -0.05) is 31.9 Å². The zero-order valence-corrected chi connectivity index (χ0v) is 10.6. The first-order chi connectivity index (χ1) is 4.19. The van der Waals surface area contributed by atoms with Gasteiger partial charge >= 0.3 is 4.83 Å². The third-order valence-electron chi connectivity index (χ3n) is 0.652. The van der Waals surface area contributed by atoms with Gasteiger partial charge in [-0.25, -0.2) is 4.39 Å². The Hall–Kier alpha value is 1.71. The molecule has 7 heteroatoms. The largest absolute Gasteiger partial charge is 0.329 e. The van der Waals surface area contributed by atoms with Crippen molar-refractivity contribution in [2.75, 3.05) is 0 Å². The SMILES string of the molecule is FC(Br)C(Br)(Br)C(F)(F)Br. The maximum absolute atomic E-state index is 12.3. The summed E-state index contributed by atoms with van der Waals surface area (Å²) in [4.78, 5) is -3.36. The Morgan fingerprint density at radius 1 is 1.10 bits per heavy atom. The second kappa shape index (κ2) is 3.62. The van der Waals surface area contributed by atoms with E-state index in [0.29, 0.717) is 0 Å². The molecule has 0 aromatic carbocycles. The van der Waals surface area contributed by atoms with Crippen LogP contribution < -0.4 is 0 Å². The monoisotopic (exact) mass is 410 g/mol. The van der Waals surface area contributed by atoms with Gasteiger partial charge in [-0.15, -0.1) is 0 Å². The third kappa shape index (κ3) is 2.64. The van der Waals surface area contributed by atoms with E-state index in [1.807, 2.05) is 15.9 Å². The molecule has 0 aliphatic heterocycles. The van der Waals surface area contributed by atoms with Gasteiger partial charge in [0, 0.05) is 0 Å². The Morgan fingerprint density at radius 3 is 1.40 bits per heavy atom. The van der Waals surface area contributed by atoms with Crippen LogP contribution in [0.3, 0.4) is 0 Å².